The van der Waals surface area contributed by atoms with Crippen LogP contribution in [0.3, 0.4) is 0 Å². The number of carbonyl (C=O) groups excluding carboxylic acids is 1. The fraction of sp³-hybridized carbons (Fsp3) is 0.533. The topological polar surface area (TPSA) is 66.6 Å². The molecular formula is C15H22N2O2. The minimum atomic E-state index is -0.176. The zero-order chi connectivity index (χ0) is 14.2. The Morgan fingerprint density at radius 1 is 1.37 bits per heavy atom. The van der Waals surface area contributed by atoms with E-state index in [9.17, 15) is 9.90 Å². The van der Waals surface area contributed by atoms with Gasteiger partial charge in [0.1, 0.15) is 0 Å². The Morgan fingerprint density at radius 3 is 2.58 bits per heavy atom. The molecule has 1 aromatic rings. The van der Waals surface area contributed by atoms with Crippen LogP contribution in [0.5, 0.6) is 0 Å². The van der Waals surface area contributed by atoms with Gasteiger partial charge in [0.2, 0.25) is 0 Å². The summed E-state index contributed by atoms with van der Waals surface area (Å²) in [5.74, 6) is 0.428. The molecule has 0 radical (unpaired) electrons. The van der Waals surface area contributed by atoms with Crippen molar-refractivity contribution in [2.75, 3.05) is 19.3 Å². The summed E-state index contributed by atoms with van der Waals surface area (Å²) >= 11 is 0. The highest BCUT2D eigenvalue weighted by atomic mass is 16.3. The van der Waals surface area contributed by atoms with Crippen LogP contribution < -0.4 is 5.73 Å². The first-order chi connectivity index (χ1) is 8.88. The second-order valence-electron chi connectivity index (χ2n) is 5.70. The molecule has 1 saturated carbocycles. The van der Waals surface area contributed by atoms with E-state index >= 15 is 0 Å². The third-order valence-electron chi connectivity index (χ3n) is 3.93. The highest BCUT2D eigenvalue weighted by Crippen LogP contribution is 2.28. The van der Waals surface area contributed by atoms with E-state index in [0.717, 1.165) is 24.0 Å². The van der Waals surface area contributed by atoms with Crippen LogP contribution in [0, 0.1) is 19.8 Å². The average Bonchev–Trinajstić information content (AvgIpc) is 2.31. The third-order valence-corrected chi connectivity index (χ3v) is 3.93. The number of nitrogen functional groups attached to an aromatic ring is 1. The molecule has 1 amide bonds. The summed E-state index contributed by atoms with van der Waals surface area (Å²) in [6.07, 6.45) is 1.42. The molecule has 4 heteroatoms. The second-order valence-corrected chi connectivity index (χ2v) is 5.70. The average molecular weight is 262 g/mol. The molecule has 4 nitrogen and oxygen atoms in total. The largest absolute Gasteiger partial charge is 0.398 e. The molecule has 0 atom stereocenters. The number of carbonyl (C=O) groups is 1. The molecule has 0 aromatic heterocycles. The summed E-state index contributed by atoms with van der Waals surface area (Å²) in [7, 11) is 1.81. The minimum Gasteiger partial charge on any atom is -0.398 e. The Morgan fingerprint density at radius 2 is 2.00 bits per heavy atom. The van der Waals surface area contributed by atoms with Crippen molar-refractivity contribution in [3.63, 3.8) is 0 Å². The number of anilines is 1. The zero-order valence-electron chi connectivity index (χ0n) is 11.8. The van der Waals surface area contributed by atoms with Crippen molar-refractivity contribution in [2.45, 2.75) is 32.8 Å². The van der Waals surface area contributed by atoms with E-state index < -0.39 is 0 Å². The molecule has 1 aliphatic carbocycles. The van der Waals surface area contributed by atoms with E-state index in [4.69, 9.17) is 5.73 Å². The first-order valence-electron chi connectivity index (χ1n) is 6.68. The predicted molar refractivity (Wildman–Crippen MR) is 76.0 cm³/mol. The Labute approximate surface area is 114 Å². The lowest BCUT2D eigenvalue weighted by Gasteiger charge is -2.34. The van der Waals surface area contributed by atoms with E-state index in [-0.39, 0.29) is 12.0 Å². The highest BCUT2D eigenvalue weighted by Gasteiger charge is 2.29. The molecular weight excluding hydrogens is 240 g/mol. The van der Waals surface area contributed by atoms with E-state index in [1.807, 2.05) is 27.0 Å². The van der Waals surface area contributed by atoms with Gasteiger partial charge in [-0.2, -0.15) is 0 Å². The lowest BCUT2D eigenvalue weighted by Crippen LogP contribution is -2.39. The molecule has 0 spiro atoms. The monoisotopic (exact) mass is 262 g/mol. The molecule has 0 unspecified atom stereocenters. The number of amides is 1. The molecule has 0 saturated heterocycles. The van der Waals surface area contributed by atoms with E-state index in [1.54, 1.807) is 11.0 Å². The maximum absolute atomic E-state index is 12.4. The van der Waals surface area contributed by atoms with Gasteiger partial charge < -0.3 is 15.7 Å². The van der Waals surface area contributed by atoms with Crippen molar-refractivity contribution in [2.24, 2.45) is 5.92 Å². The highest BCUT2D eigenvalue weighted by molar-refractivity contribution is 5.96. The number of benzene rings is 1. The van der Waals surface area contributed by atoms with Crippen molar-refractivity contribution < 1.29 is 9.90 Å². The quantitative estimate of drug-likeness (QED) is 0.815. The van der Waals surface area contributed by atoms with Gasteiger partial charge in [-0.3, -0.25) is 4.79 Å². The van der Waals surface area contributed by atoms with Crippen LogP contribution in [-0.2, 0) is 0 Å². The first kappa shape index (κ1) is 13.9. The van der Waals surface area contributed by atoms with Crippen molar-refractivity contribution in [3.05, 3.63) is 28.8 Å². The smallest absolute Gasteiger partial charge is 0.253 e. The predicted octanol–water partition coefficient (Wildman–Crippen LogP) is 1.73. The van der Waals surface area contributed by atoms with E-state index in [2.05, 4.69) is 0 Å². The summed E-state index contributed by atoms with van der Waals surface area (Å²) in [6.45, 7) is 4.57. The van der Waals surface area contributed by atoms with Gasteiger partial charge in [0.25, 0.3) is 5.91 Å². The van der Waals surface area contributed by atoms with Crippen LogP contribution >= 0.6 is 0 Å². The van der Waals surface area contributed by atoms with Crippen molar-refractivity contribution in [3.8, 4) is 0 Å². The maximum Gasteiger partial charge on any atom is 0.253 e. The fourth-order valence-electron chi connectivity index (χ4n) is 2.62. The van der Waals surface area contributed by atoms with Gasteiger partial charge in [0.15, 0.2) is 0 Å². The van der Waals surface area contributed by atoms with Crippen LogP contribution in [0.2, 0.25) is 0 Å². The standard InChI is InChI=1S/C15H22N2O2/c1-9-4-10(2)14(16)7-13(9)15(19)17(3)8-11-5-12(18)6-11/h4,7,11-12,18H,5-6,8,16H2,1-3H3. The van der Waals surface area contributed by atoms with Gasteiger partial charge in [0.05, 0.1) is 6.10 Å². The Bertz CT molecular complexity index is 493. The Hall–Kier alpha value is -1.55. The molecule has 0 heterocycles. The number of aliphatic hydroxyl groups is 1. The lowest BCUT2D eigenvalue weighted by molar-refractivity contribution is 0.0265. The summed E-state index contributed by atoms with van der Waals surface area (Å²) in [5.41, 5.74) is 9.16. The number of hydrogen-bond acceptors (Lipinski definition) is 3. The summed E-state index contributed by atoms with van der Waals surface area (Å²) < 4.78 is 0. The number of hydrogen-bond donors (Lipinski definition) is 2. The van der Waals surface area contributed by atoms with Crippen molar-refractivity contribution >= 4 is 11.6 Å². The molecule has 2 rings (SSSR count). The number of nitrogens with two attached hydrogens (primary N) is 1. The molecule has 0 bridgehead atoms. The summed E-state index contributed by atoms with van der Waals surface area (Å²) in [4.78, 5) is 14.1. The van der Waals surface area contributed by atoms with Crippen LogP contribution in [0.1, 0.15) is 34.3 Å². The Kier molecular flexibility index (Phi) is 3.80. The second kappa shape index (κ2) is 5.21. The SMILES string of the molecule is Cc1cc(C)c(C(=O)N(C)CC2CC(O)C2)cc1N. The third kappa shape index (κ3) is 2.89. The molecule has 1 fully saturated rings. The van der Waals surface area contributed by atoms with Crippen LogP contribution in [0.4, 0.5) is 5.69 Å². The molecule has 1 aliphatic rings. The van der Waals surface area contributed by atoms with E-state index in [0.29, 0.717) is 23.7 Å². The van der Waals surface area contributed by atoms with Crippen LogP contribution in [0.25, 0.3) is 0 Å². The Balaban J connectivity index is 2.08. The van der Waals surface area contributed by atoms with E-state index in [1.165, 1.54) is 0 Å². The summed E-state index contributed by atoms with van der Waals surface area (Å²) in [6, 6.07) is 3.71. The molecule has 3 N–H and O–H groups in total. The molecule has 104 valence electrons. The number of nitrogens with zero attached hydrogens (tertiary/aromatic N) is 1. The lowest BCUT2D eigenvalue weighted by atomic mass is 9.82. The number of aliphatic hydroxyl groups excluding tert-OH is 1. The van der Waals surface area contributed by atoms with Gasteiger partial charge >= 0.3 is 0 Å². The fourth-order valence-corrected chi connectivity index (χ4v) is 2.62. The van der Waals surface area contributed by atoms with Gasteiger partial charge in [-0.25, -0.2) is 0 Å². The first-order valence-corrected chi connectivity index (χ1v) is 6.68. The molecule has 1 aromatic carbocycles. The van der Waals surface area contributed by atoms with Gasteiger partial charge in [-0.05, 0) is 49.8 Å². The van der Waals surface area contributed by atoms with Crippen LogP contribution in [-0.4, -0.2) is 35.6 Å². The normalized spacial score (nSPS) is 21.9. The number of rotatable bonds is 3. The van der Waals surface area contributed by atoms with Crippen molar-refractivity contribution in [1.82, 2.24) is 4.90 Å². The maximum atomic E-state index is 12.4. The molecule has 19 heavy (non-hydrogen) atoms. The van der Waals surface area contributed by atoms with Gasteiger partial charge in [0, 0.05) is 24.8 Å². The number of aryl methyl sites for hydroxylation is 2. The van der Waals surface area contributed by atoms with Gasteiger partial charge in [-0.1, -0.05) is 6.07 Å². The molecule has 0 aliphatic heterocycles. The van der Waals surface area contributed by atoms with Gasteiger partial charge in [-0.15, -0.1) is 0 Å². The summed E-state index contributed by atoms with van der Waals surface area (Å²) in [5, 5.41) is 9.28. The van der Waals surface area contributed by atoms with Crippen molar-refractivity contribution in [1.29, 1.82) is 0 Å². The van der Waals surface area contributed by atoms with Crippen LogP contribution in [0.15, 0.2) is 12.1 Å². The zero-order valence-corrected chi connectivity index (χ0v) is 11.8. The minimum absolute atomic E-state index is 0.00518.